The van der Waals surface area contributed by atoms with Gasteiger partial charge in [-0.1, -0.05) is 12.2 Å². The number of ether oxygens (including phenoxy) is 2. The lowest BCUT2D eigenvalue weighted by Gasteiger charge is -2.31. The number of amides is 1. The number of rotatable bonds is 6. The van der Waals surface area contributed by atoms with Gasteiger partial charge < -0.3 is 14.4 Å². The molecule has 172 valence electrons. The summed E-state index contributed by atoms with van der Waals surface area (Å²) in [6, 6.07) is 5.86. The second-order valence-corrected chi connectivity index (χ2v) is 9.74. The third kappa shape index (κ3) is 4.30. The SMILES string of the molecule is COc1cc2c(cc1/C=C/CN=S)-c1c(c(C(=O)N(C)C(C)(C)C)nn1-c1ccsc1)CO2. The minimum atomic E-state index is -0.343. The maximum Gasteiger partial charge on any atom is 0.274 e. The van der Waals surface area contributed by atoms with E-state index in [1.807, 2.05) is 66.6 Å². The summed E-state index contributed by atoms with van der Waals surface area (Å²) in [5.74, 6) is 1.23. The van der Waals surface area contributed by atoms with Crippen LogP contribution < -0.4 is 9.47 Å². The van der Waals surface area contributed by atoms with Crippen LogP contribution in [0.4, 0.5) is 0 Å². The van der Waals surface area contributed by atoms with Crippen molar-refractivity contribution in [2.45, 2.75) is 32.9 Å². The fourth-order valence-electron chi connectivity index (χ4n) is 3.63. The highest BCUT2D eigenvalue weighted by atomic mass is 32.1. The van der Waals surface area contributed by atoms with E-state index in [1.54, 1.807) is 30.4 Å². The van der Waals surface area contributed by atoms with Gasteiger partial charge in [0.1, 0.15) is 18.1 Å². The van der Waals surface area contributed by atoms with Crippen LogP contribution in [0.3, 0.4) is 0 Å². The van der Waals surface area contributed by atoms with E-state index < -0.39 is 0 Å². The lowest BCUT2D eigenvalue weighted by molar-refractivity contribution is 0.0646. The zero-order valence-corrected chi connectivity index (χ0v) is 20.9. The van der Waals surface area contributed by atoms with Crippen LogP contribution in [0.15, 0.2) is 39.4 Å². The lowest BCUT2D eigenvalue weighted by atomic mass is 9.98. The quantitative estimate of drug-likeness (QED) is 0.488. The summed E-state index contributed by atoms with van der Waals surface area (Å²) >= 11 is 6.27. The Morgan fingerprint density at radius 2 is 2.21 bits per heavy atom. The summed E-state index contributed by atoms with van der Waals surface area (Å²) in [6.45, 7) is 6.68. The molecule has 33 heavy (non-hydrogen) atoms. The van der Waals surface area contributed by atoms with E-state index in [4.69, 9.17) is 27.0 Å². The standard InChI is InChI=1S/C24H26N4O3S2/c1-24(2,3)27(4)23(29)21-18-13-31-20-12-19(30-5)15(7-6-9-25-32)11-17(20)22(18)28(26-21)16-8-10-33-14-16/h6-8,10-12,14H,9,13H2,1-5H3/b7-6+. The van der Waals surface area contributed by atoms with E-state index in [-0.39, 0.29) is 18.1 Å². The Morgan fingerprint density at radius 1 is 1.42 bits per heavy atom. The summed E-state index contributed by atoms with van der Waals surface area (Å²) in [5, 5.41) is 8.80. The molecule has 4 rings (SSSR count). The first-order valence-corrected chi connectivity index (χ1v) is 11.8. The zero-order chi connectivity index (χ0) is 23.8. The molecule has 9 heteroatoms. The highest BCUT2D eigenvalue weighted by Gasteiger charge is 2.34. The molecular formula is C24H26N4O3S2. The van der Waals surface area contributed by atoms with Gasteiger partial charge in [-0.15, -0.1) is 0 Å². The molecule has 0 radical (unpaired) electrons. The molecule has 7 nitrogen and oxygen atoms in total. The van der Waals surface area contributed by atoms with Gasteiger partial charge >= 0.3 is 0 Å². The highest BCUT2D eigenvalue weighted by Crippen LogP contribution is 2.44. The Kier molecular flexibility index (Phi) is 6.36. The third-order valence-corrected chi connectivity index (χ3v) is 6.50. The number of thiophene rings is 1. The molecule has 3 heterocycles. The summed E-state index contributed by atoms with van der Waals surface area (Å²) in [6.07, 6.45) is 3.80. The van der Waals surface area contributed by atoms with Gasteiger partial charge in [-0.25, -0.2) is 9.04 Å². The van der Waals surface area contributed by atoms with E-state index in [9.17, 15) is 4.79 Å². The van der Waals surface area contributed by atoms with Gasteiger partial charge in [0.05, 0.1) is 25.0 Å². The molecule has 0 spiro atoms. The van der Waals surface area contributed by atoms with Gasteiger partial charge in [0.15, 0.2) is 5.69 Å². The van der Waals surface area contributed by atoms with Gasteiger partial charge in [0, 0.05) is 53.1 Å². The van der Waals surface area contributed by atoms with Crippen LogP contribution in [0, 0.1) is 0 Å². The van der Waals surface area contributed by atoms with Crippen molar-refractivity contribution in [1.29, 1.82) is 0 Å². The largest absolute Gasteiger partial charge is 0.496 e. The van der Waals surface area contributed by atoms with Crippen LogP contribution in [-0.4, -0.2) is 46.8 Å². The van der Waals surface area contributed by atoms with Crippen LogP contribution >= 0.6 is 11.3 Å². The molecule has 1 aliphatic heterocycles. The second kappa shape index (κ2) is 9.07. The predicted molar refractivity (Wildman–Crippen MR) is 133 cm³/mol. The van der Waals surface area contributed by atoms with E-state index in [2.05, 4.69) is 4.36 Å². The van der Waals surface area contributed by atoms with Crippen molar-refractivity contribution in [1.82, 2.24) is 14.7 Å². The molecular weight excluding hydrogens is 456 g/mol. The van der Waals surface area contributed by atoms with E-state index >= 15 is 0 Å². The number of methoxy groups -OCH3 is 1. The summed E-state index contributed by atoms with van der Waals surface area (Å²) in [7, 11) is 3.42. The number of carbonyl (C=O) groups excluding carboxylic acids is 1. The number of benzene rings is 1. The Bertz CT molecular complexity index is 1220. The number of hydrogen-bond donors (Lipinski definition) is 0. The monoisotopic (exact) mass is 482 g/mol. The van der Waals surface area contributed by atoms with E-state index in [0.717, 1.165) is 28.1 Å². The first-order chi connectivity index (χ1) is 15.8. The Labute approximate surface area is 202 Å². The third-order valence-electron chi connectivity index (χ3n) is 5.68. The number of carbonyl (C=O) groups is 1. The molecule has 0 bridgehead atoms. The molecule has 0 saturated carbocycles. The molecule has 0 atom stereocenters. The maximum absolute atomic E-state index is 13.4. The van der Waals surface area contributed by atoms with Gasteiger partial charge in [-0.2, -0.15) is 16.4 Å². The molecule has 2 aromatic heterocycles. The minimum absolute atomic E-state index is 0.138. The van der Waals surface area contributed by atoms with Crippen molar-refractivity contribution in [2.24, 2.45) is 4.36 Å². The van der Waals surface area contributed by atoms with Crippen LogP contribution in [-0.2, 0) is 19.0 Å². The predicted octanol–water partition coefficient (Wildman–Crippen LogP) is 5.12. The summed E-state index contributed by atoms with van der Waals surface area (Å²) in [4.78, 5) is 15.2. The second-order valence-electron chi connectivity index (χ2n) is 8.70. The minimum Gasteiger partial charge on any atom is -0.496 e. The average molecular weight is 483 g/mol. The molecule has 3 aromatic rings. The number of aromatic nitrogens is 2. The van der Waals surface area contributed by atoms with Crippen molar-refractivity contribution in [3.8, 4) is 28.4 Å². The van der Waals surface area contributed by atoms with E-state index in [0.29, 0.717) is 23.7 Å². The van der Waals surface area contributed by atoms with Gasteiger partial charge in [-0.3, -0.25) is 4.79 Å². The fourth-order valence-corrected chi connectivity index (χ4v) is 4.33. The molecule has 0 aliphatic carbocycles. The average Bonchev–Trinajstić information content (AvgIpc) is 3.45. The molecule has 0 N–H and O–H groups in total. The zero-order valence-electron chi connectivity index (χ0n) is 19.3. The van der Waals surface area contributed by atoms with Crippen molar-refractivity contribution in [3.63, 3.8) is 0 Å². The normalized spacial score (nSPS) is 12.8. The number of hydrogen-bond acceptors (Lipinski definition) is 7. The topological polar surface area (TPSA) is 69.0 Å². The molecule has 0 fully saturated rings. The smallest absolute Gasteiger partial charge is 0.274 e. The van der Waals surface area contributed by atoms with E-state index in [1.165, 1.54) is 0 Å². The Morgan fingerprint density at radius 3 is 2.85 bits per heavy atom. The molecule has 1 amide bonds. The summed E-state index contributed by atoms with van der Waals surface area (Å²) < 4.78 is 17.2. The van der Waals surface area contributed by atoms with Gasteiger partial charge in [0.25, 0.3) is 5.91 Å². The fraction of sp³-hybridized carbons (Fsp3) is 0.333. The maximum atomic E-state index is 13.4. The van der Waals surface area contributed by atoms with Crippen LogP contribution in [0.2, 0.25) is 0 Å². The Balaban J connectivity index is 1.93. The Hall–Kier alpha value is -3.04. The summed E-state index contributed by atoms with van der Waals surface area (Å²) in [5.41, 5.74) is 4.30. The van der Waals surface area contributed by atoms with Gasteiger partial charge in [-0.05, 0) is 38.3 Å². The molecule has 1 aliphatic rings. The van der Waals surface area contributed by atoms with Crippen molar-refractivity contribution in [3.05, 3.63) is 51.9 Å². The van der Waals surface area contributed by atoms with Crippen molar-refractivity contribution < 1.29 is 14.3 Å². The highest BCUT2D eigenvalue weighted by molar-refractivity contribution is 7.47. The molecule has 0 saturated heterocycles. The molecule has 0 unspecified atom stereocenters. The van der Waals surface area contributed by atoms with Crippen LogP contribution in [0.5, 0.6) is 11.5 Å². The number of nitrogens with zero attached hydrogens (tertiary/aromatic N) is 4. The lowest BCUT2D eigenvalue weighted by Crippen LogP contribution is -2.43. The van der Waals surface area contributed by atoms with Crippen molar-refractivity contribution >= 4 is 35.7 Å². The first-order valence-electron chi connectivity index (χ1n) is 10.5. The van der Waals surface area contributed by atoms with Crippen molar-refractivity contribution in [2.75, 3.05) is 20.7 Å². The van der Waals surface area contributed by atoms with Crippen LogP contribution in [0.25, 0.3) is 23.0 Å². The first kappa shape index (κ1) is 23.1. The van der Waals surface area contributed by atoms with Crippen LogP contribution in [0.1, 0.15) is 42.4 Å². The van der Waals surface area contributed by atoms with Gasteiger partial charge in [0.2, 0.25) is 0 Å². The number of fused-ring (bicyclic) bond motifs is 3. The molecule has 1 aromatic carbocycles.